The van der Waals surface area contributed by atoms with E-state index in [-0.39, 0.29) is 30.5 Å². The zero-order valence-corrected chi connectivity index (χ0v) is 20.0. The van der Waals surface area contributed by atoms with Crippen molar-refractivity contribution in [2.45, 2.75) is 24.9 Å². The lowest BCUT2D eigenvalue weighted by Gasteiger charge is -2.33. The number of phenolic OH excluding ortho intramolecular Hbond substituents is 1. The standard InChI is InChI=1S/C29H26N2O6/c32-21-12-8-19(9-13-21)17-24(29(35)31-16-4-7-26-27(31)25(33)18-36-26)30-28(34)20-10-14-23(15-11-20)37-22-5-2-1-3-6-22/h1-3,5-15,24,27,32H,4,16-18H2,(H,30,34). The molecule has 2 amide bonds. The summed E-state index contributed by atoms with van der Waals surface area (Å²) in [6, 6.07) is 20.7. The number of fused-ring (bicyclic) bond motifs is 1. The summed E-state index contributed by atoms with van der Waals surface area (Å²) in [7, 11) is 0. The number of hydrogen-bond acceptors (Lipinski definition) is 6. The minimum Gasteiger partial charge on any atom is -0.508 e. The number of amides is 2. The highest BCUT2D eigenvalue weighted by Gasteiger charge is 2.42. The van der Waals surface area contributed by atoms with E-state index in [0.717, 1.165) is 5.56 Å². The summed E-state index contributed by atoms with van der Waals surface area (Å²) in [5.74, 6) is 0.890. The van der Waals surface area contributed by atoms with Crippen LogP contribution in [0.5, 0.6) is 17.2 Å². The molecule has 0 aliphatic carbocycles. The molecule has 3 aromatic carbocycles. The molecule has 0 spiro atoms. The molecule has 188 valence electrons. The van der Waals surface area contributed by atoms with Crippen molar-refractivity contribution in [3.05, 3.63) is 102 Å². The van der Waals surface area contributed by atoms with E-state index in [2.05, 4.69) is 5.32 Å². The van der Waals surface area contributed by atoms with Crippen molar-refractivity contribution in [3.8, 4) is 17.2 Å². The molecule has 8 heteroatoms. The van der Waals surface area contributed by atoms with E-state index in [1.165, 1.54) is 17.0 Å². The lowest BCUT2D eigenvalue weighted by atomic mass is 10.00. The quantitative estimate of drug-likeness (QED) is 0.516. The SMILES string of the molecule is O=C(NC(Cc1ccc(O)cc1)C(=O)N1CCC=C2OCC(=O)C21)c1ccc(Oc2ccccc2)cc1. The summed E-state index contributed by atoms with van der Waals surface area (Å²) in [5.41, 5.74) is 1.12. The number of Topliss-reactive ketones (excluding diaryl/α,β-unsaturated/α-hetero) is 1. The molecular weight excluding hydrogens is 472 g/mol. The smallest absolute Gasteiger partial charge is 0.251 e. The van der Waals surface area contributed by atoms with E-state index >= 15 is 0 Å². The predicted molar refractivity (Wildman–Crippen MR) is 135 cm³/mol. The van der Waals surface area contributed by atoms with Crippen LogP contribution < -0.4 is 10.1 Å². The Morgan fingerprint density at radius 3 is 2.43 bits per heavy atom. The molecule has 0 radical (unpaired) electrons. The Morgan fingerprint density at radius 2 is 1.70 bits per heavy atom. The molecule has 8 nitrogen and oxygen atoms in total. The maximum absolute atomic E-state index is 13.7. The molecule has 3 aromatic rings. The van der Waals surface area contributed by atoms with E-state index in [0.29, 0.717) is 35.8 Å². The van der Waals surface area contributed by atoms with Gasteiger partial charge in [0.15, 0.2) is 11.8 Å². The molecule has 0 aromatic heterocycles. The number of hydrogen-bond donors (Lipinski definition) is 2. The number of aromatic hydroxyl groups is 1. The third kappa shape index (κ3) is 5.48. The first kappa shape index (κ1) is 24.1. The summed E-state index contributed by atoms with van der Waals surface area (Å²) >= 11 is 0. The highest BCUT2D eigenvalue weighted by molar-refractivity contribution is 6.00. The van der Waals surface area contributed by atoms with Gasteiger partial charge >= 0.3 is 0 Å². The summed E-state index contributed by atoms with van der Waals surface area (Å²) in [6.45, 7) is 0.294. The Kier molecular flexibility index (Phi) is 6.89. The second-order valence-corrected chi connectivity index (χ2v) is 8.92. The van der Waals surface area contributed by atoms with Gasteiger partial charge in [-0.3, -0.25) is 14.4 Å². The van der Waals surface area contributed by atoms with E-state index in [1.807, 2.05) is 36.4 Å². The van der Waals surface area contributed by atoms with Crippen LogP contribution in [0.25, 0.3) is 0 Å². The van der Waals surface area contributed by atoms with E-state index in [1.54, 1.807) is 36.4 Å². The zero-order chi connectivity index (χ0) is 25.8. The molecule has 2 heterocycles. The monoisotopic (exact) mass is 498 g/mol. The van der Waals surface area contributed by atoms with Crippen LogP contribution in [0.4, 0.5) is 0 Å². The van der Waals surface area contributed by atoms with Crippen LogP contribution in [0.3, 0.4) is 0 Å². The van der Waals surface area contributed by atoms with Crippen molar-refractivity contribution in [1.82, 2.24) is 10.2 Å². The third-order valence-electron chi connectivity index (χ3n) is 6.34. The Balaban J connectivity index is 1.34. The normalized spacial score (nSPS) is 17.3. The van der Waals surface area contributed by atoms with E-state index in [9.17, 15) is 19.5 Å². The van der Waals surface area contributed by atoms with E-state index < -0.39 is 18.0 Å². The molecule has 2 N–H and O–H groups in total. The van der Waals surface area contributed by atoms with Crippen molar-refractivity contribution >= 4 is 17.6 Å². The minimum absolute atomic E-state index is 0.0628. The van der Waals surface area contributed by atoms with Crippen LogP contribution in [0, 0.1) is 0 Å². The van der Waals surface area contributed by atoms with Gasteiger partial charge < -0.3 is 24.8 Å². The number of nitrogens with zero attached hydrogens (tertiary/aromatic N) is 1. The van der Waals surface area contributed by atoms with Crippen LogP contribution in [-0.2, 0) is 20.7 Å². The largest absolute Gasteiger partial charge is 0.508 e. The molecular formula is C29H26N2O6. The number of ether oxygens (including phenoxy) is 2. The Hall–Kier alpha value is -4.59. The molecule has 2 unspecified atom stereocenters. The molecule has 2 aliphatic rings. The van der Waals surface area contributed by atoms with Gasteiger partial charge in [-0.25, -0.2) is 0 Å². The average Bonchev–Trinajstić information content (AvgIpc) is 3.31. The van der Waals surface area contributed by atoms with Gasteiger partial charge in [-0.05, 0) is 66.6 Å². The Bertz CT molecular complexity index is 1320. The topological polar surface area (TPSA) is 105 Å². The van der Waals surface area contributed by atoms with Crippen molar-refractivity contribution in [2.75, 3.05) is 13.2 Å². The van der Waals surface area contributed by atoms with Crippen LogP contribution in [0.2, 0.25) is 0 Å². The maximum Gasteiger partial charge on any atom is 0.251 e. The fourth-order valence-electron chi connectivity index (χ4n) is 4.49. The lowest BCUT2D eigenvalue weighted by Crippen LogP contribution is -2.55. The first-order valence-electron chi connectivity index (χ1n) is 12.1. The Morgan fingerprint density at radius 1 is 1.00 bits per heavy atom. The predicted octanol–water partition coefficient (Wildman–Crippen LogP) is 3.61. The lowest BCUT2D eigenvalue weighted by molar-refractivity contribution is -0.139. The number of rotatable bonds is 7. The minimum atomic E-state index is -0.926. The average molecular weight is 499 g/mol. The fourth-order valence-corrected chi connectivity index (χ4v) is 4.49. The van der Waals surface area contributed by atoms with Crippen LogP contribution in [0.15, 0.2) is 90.7 Å². The van der Waals surface area contributed by atoms with Gasteiger partial charge in [0, 0.05) is 18.5 Å². The molecule has 37 heavy (non-hydrogen) atoms. The summed E-state index contributed by atoms with van der Waals surface area (Å²) in [4.78, 5) is 40.8. The number of nitrogens with one attached hydrogen (secondary N) is 1. The van der Waals surface area contributed by atoms with Gasteiger partial charge in [-0.1, -0.05) is 30.3 Å². The maximum atomic E-state index is 13.7. The fraction of sp³-hybridized carbons (Fsp3) is 0.207. The van der Waals surface area contributed by atoms with Crippen molar-refractivity contribution in [2.24, 2.45) is 0 Å². The first-order chi connectivity index (χ1) is 18.0. The van der Waals surface area contributed by atoms with Crippen LogP contribution >= 0.6 is 0 Å². The zero-order valence-electron chi connectivity index (χ0n) is 20.0. The number of carbonyl (C=O) groups is 3. The van der Waals surface area contributed by atoms with Crippen molar-refractivity contribution in [3.63, 3.8) is 0 Å². The molecule has 1 fully saturated rings. The van der Waals surface area contributed by atoms with Gasteiger partial charge in [0.1, 0.15) is 35.7 Å². The molecule has 0 saturated carbocycles. The molecule has 1 saturated heterocycles. The summed E-state index contributed by atoms with van der Waals surface area (Å²) in [5, 5.41) is 12.5. The van der Waals surface area contributed by atoms with Gasteiger partial charge in [0.25, 0.3) is 5.91 Å². The number of benzene rings is 3. The first-order valence-corrected chi connectivity index (χ1v) is 12.1. The van der Waals surface area contributed by atoms with E-state index in [4.69, 9.17) is 9.47 Å². The number of para-hydroxylation sites is 1. The second kappa shape index (κ2) is 10.6. The van der Waals surface area contributed by atoms with Crippen molar-refractivity contribution in [1.29, 1.82) is 0 Å². The highest BCUT2D eigenvalue weighted by Crippen LogP contribution is 2.27. The van der Waals surface area contributed by atoms with Gasteiger partial charge in [-0.15, -0.1) is 0 Å². The number of phenols is 1. The van der Waals surface area contributed by atoms with Gasteiger partial charge in [0.2, 0.25) is 5.91 Å². The molecule has 0 bridgehead atoms. The molecule has 2 aliphatic heterocycles. The second-order valence-electron chi connectivity index (χ2n) is 8.92. The molecule has 2 atom stereocenters. The van der Waals surface area contributed by atoms with Crippen molar-refractivity contribution < 1.29 is 29.0 Å². The summed E-state index contributed by atoms with van der Waals surface area (Å²) in [6.07, 6.45) is 2.59. The van der Waals surface area contributed by atoms with Gasteiger partial charge in [-0.2, -0.15) is 0 Å². The summed E-state index contributed by atoms with van der Waals surface area (Å²) < 4.78 is 11.2. The van der Waals surface area contributed by atoms with Gasteiger partial charge in [0.05, 0.1) is 0 Å². The molecule has 5 rings (SSSR count). The number of ketones is 1. The van der Waals surface area contributed by atoms with Crippen LogP contribution in [0.1, 0.15) is 22.3 Å². The van der Waals surface area contributed by atoms with Crippen LogP contribution in [-0.4, -0.2) is 52.8 Å². The highest BCUT2D eigenvalue weighted by atomic mass is 16.5. The third-order valence-corrected chi connectivity index (χ3v) is 6.34. The Labute approximate surface area is 214 Å². The number of carbonyl (C=O) groups excluding carboxylic acids is 3.